The number of nitrogens with one attached hydrogen (secondary N) is 1. The van der Waals surface area contributed by atoms with E-state index < -0.39 is 0 Å². The number of rotatable bonds is 1. The maximum Gasteiger partial charge on any atom is 0.184 e. The average molecular weight is 312 g/mol. The largest absolute Gasteiger partial charge is 0.375 e. The number of nitrogens with two attached hydrogens (primary N) is 1. The van der Waals surface area contributed by atoms with Gasteiger partial charge in [0.15, 0.2) is 5.11 Å². The van der Waals surface area contributed by atoms with Gasteiger partial charge in [-0.1, -0.05) is 22.0 Å². The highest BCUT2D eigenvalue weighted by molar-refractivity contribution is 9.10. The number of aryl methyl sites for hydroxylation is 2. The molecule has 0 saturated heterocycles. The fourth-order valence-electron chi connectivity index (χ4n) is 2.29. The van der Waals surface area contributed by atoms with Crippen LogP contribution < -0.4 is 11.2 Å². The van der Waals surface area contributed by atoms with Gasteiger partial charge in [-0.2, -0.15) is 5.10 Å². The summed E-state index contributed by atoms with van der Waals surface area (Å²) in [7, 11) is 0. The first-order valence-electron chi connectivity index (χ1n) is 5.41. The predicted octanol–water partition coefficient (Wildman–Crippen LogP) is 2.55. The van der Waals surface area contributed by atoms with Gasteiger partial charge in [-0.05, 0) is 55.6 Å². The number of hydrogen-bond acceptors (Lipinski definition) is 2. The Bertz CT molecular complexity index is 523. The Morgan fingerprint density at radius 1 is 1.41 bits per heavy atom. The summed E-state index contributed by atoms with van der Waals surface area (Å²) in [4.78, 5) is 0. The maximum absolute atomic E-state index is 5.39. The number of thiocarbonyl (C=S) groups is 1. The standard InChI is InChI=1S/C12H14BrN3S/c1-6-5-7(2)11(13)8-3-4-9(10(6)8)15-16-12(14)17/h5H,3-4H2,1-2H3,(H3,14,16,17)/b15-9+. The molecule has 1 aromatic carbocycles. The van der Waals surface area contributed by atoms with E-state index in [1.54, 1.807) is 0 Å². The van der Waals surface area contributed by atoms with E-state index in [0.717, 1.165) is 18.6 Å². The molecule has 3 nitrogen and oxygen atoms in total. The summed E-state index contributed by atoms with van der Waals surface area (Å²) < 4.78 is 1.19. The first-order chi connectivity index (χ1) is 8.00. The molecule has 0 fully saturated rings. The lowest BCUT2D eigenvalue weighted by Gasteiger charge is -2.10. The van der Waals surface area contributed by atoms with Crippen LogP contribution in [0.5, 0.6) is 0 Å². The maximum atomic E-state index is 5.39. The monoisotopic (exact) mass is 311 g/mol. The second-order valence-corrected chi connectivity index (χ2v) is 5.45. The van der Waals surface area contributed by atoms with Crippen LogP contribution in [-0.4, -0.2) is 10.8 Å². The number of benzene rings is 1. The van der Waals surface area contributed by atoms with Gasteiger partial charge in [0.1, 0.15) is 0 Å². The highest BCUT2D eigenvalue weighted by atomic mass is 79.9. The van der Waals surface area contributed by atoms with Gasteiger partial charge in [-0.15, -0.1) is 0 Å². The van der Waals surface area contributed by atoms with E-state index >= 15 is 0 Å². The van der Waals surface area contributed by atoms with Crippen molar-refractivity contribution >= 4 is 39.0 Å². The van der Waals surface area contributed by atoms with E-state index in [2.05, 4.69) is 46.4 Å². The molecular weight excluding hydrogens is 298 g/mol. The highest BCUT2D eigenvalue weighted by Crippen LogP contribution is 2.34. The van der Waals surface area contributed by atoms with Gasteiger partial charge < -0.3 is 5.73 Å². The van der Waals surface area contributed by atoms with E-state index in [1.165, 1.54) is 26.7 Å². The lowest BCUT2D eigenvalue weighted by atomic mass is 10.0. The van der Waals surface area contributed by atoms with Crippen LogP contribution in [0.4, 0.5) is 0 Å². The Hall–Kier alpha value is -0.940. The van der Waals surface area contributed by atoms with Crippen molar-refractivity contribution in [2.45, 2.75) is 26.7 Å². The summed E-state index contributed by atoms with van der Waals surface area (Å²) in [5.74, 6) is 0. The molecule has 0 bridgehead atoms. The van der Waals surface area contributed by atoms with E-state index in [0.29, 0.717) is 0 Å². The van der Waals surface area contributed by atoms with Crippen LogP contribution in [0.2, 0.25) is 0 Å². The fraction of sp³-hybridized carbons (Fsp3) is 0.333. The number of nitrogens with zero attached hydrogens (tertiary/aromatic N) is 1. The van der Waals surface area contributed by atoms with Crippen LogP contribution in [-0.2, 0) is 6.42 Å². The van der Waals surface area contributed by atoms with E-state index in [1.807, 2.05) is 0 Å². The summed E-state index contributed by atoms with van der Waals surface area (Å²) >= 11 is 8.41. The van der Waals surface area contributed by atoms with Gasteiger partial charge in [0.05, 0.1) is 5.71 Å². The molecule has 0 unspecified atom stereocenters. The first-order valence-corrected chi connectivity index (χ1v) is 6.61. The van der Waals surface area contributed by atoms with Gasteiger partial charge in [0.2, 0.25) is 0 Å². The van der Waals surface area contributed by atoms with Crippen molar-refractivity contribution < 1.29 is 0 Å². The minimum absolute atomic E-state index is 0.204. The second kappa shape index (κ2) is 4.74. The van der Waals surface area contributed by atoms with Crippen molar-refractivity contribution in [1.29, 1.82) is 0 Å². The Labute approximate surface area is 115 Å². The molecule has 0 heterocycles. The van der Waals surface area contributed by atoms with E-state index in [9.17, 15) is 0 Å². The molecule has 1 aliphatic carbocycles. The predicted molar refractivity (Wildman–Crippen MR) is 78.4 cm³/mol. The highest BCUT2D eigenvalue weighted by Gasteiger charge is 2.23. The summed E-state index contributed by atoms with van der Waals surface area (Å²) in [5, 5.41) is 4.48. The lowest BCUT2D eigenvalue weighted by Crippen LogP contribution is -2.25. The normalized spacial score (nSPS) is 16.1. The first kappa shape index (κ1) is 12.5. The molecule has 1 aliphatic rings. The number of fused-ring (bicyclic) bond motifs is 1. The molecule has 17 heavy (non-hydrogen) atoms. The SMILES string of the molecule is Cc1cc(C)c2c(c1Br)CC/C2=N\NC(N)=S. The number of halogens is 1. The van der Waals surface area contributed by atoms with Gasteiger partial charge in [-0.25, -0.2) is 0 Å². The van der Waals surface area contributed by atoms with Crippen molar-refractivity contribution in [2.75, 3.05) is 0 Å². The summed E-state index contributed by atoms with van der Waals surface area (Å²) in [6, 6.07) is 2.17. The summed E-state index contributed by atoms with van der Waals surface area (Å²) in [5.41, 5.74) is 14.2. The second-order valence-electron chi connectivity index (χ2n) is 4.21. The van der Waals surface area contributed by atoms with E-state index in [-0.39, 0.29) is 5.11 Å². The minimum atomic E-state index is 0.204. The molecule has 0 saturated carbocycles. The molecule has 0 aromatic heterocycles. The molecule has 3 N–H and O–H groups in total. The molecule has 90 valence electrons. The Morgan fingerprint density at radius 3 is 2.76 bits per heavy atom. The molecule has 2 rings (SSSR count). The molecule has 5 heteroatoms. The molecule has 0 atom stereocenters. The Morgan fingerprint density at radius 2 is 2.12 bits per heavy atom. The van der Waals surface area contributed by atoms with Gasteiger partial charge in [-0.3, -0.25) is 5.43 Å². The molecule has 1 aromatic rings. The van der Waals surface area contributed by atoms with Crippen LogP contribution in [0.15, 0.2) is 15.6 Å². The molecule has 0 amide bonds. The zero-order valence-corrected chi connectivity index (χ0v) is 12.2. The van der Waals surface area contributed by atoms with Crippen LogP contribution in [0.25, 0.3) is 0 Å². The zero-order valence-electron chi connectivity index (χ0n) is 9.80. The molecule has 0 radical (unpaired) electrons. The number of hydrogen-bond donors (Lipinski definition) is 2. The molecule has 0 spiro atoms. The van der Waals surface area contributed by atoms with Crippen LogP contribution in [0.1, 0.15) is 28.7 Å². The van der Waals surface area contributed by atoms with Crippen LogP contribution >= 0.6 is 28.1 Å². The van der Waals surface area contributed by atoms with Gasteiger partial charge in [0.25, 0.3) is 0 Å². The Kier molecular flexibility index (Phi) is 3.49. The fourth-order valence-corrected chi connectivity index (χ4v) is 2.84. The lowest BCUT2D eigenvalue weighted by molar-refractivity contribution is 1.00. The third-order valence-electron chi connectivity index (χ3n) is 2.94. The third-order valence-corrected chi connectivity index (χ3v) is 4.14. The molecule has 0 aliphatic heterocycles. The van der Waals surface area contributed by atoms with Gasteiger partial charge in [0, 0.05) is 10.0 Å². The van der Waals surface area contributed by atoms with Crippen molar-refractivity contribution in [3.8, 4) is 0 Å². The summed E-state index contributed by atoms with van der Waals surface area (Å²) in [6.07, 6.45) is 1.93. The van der Waals surface area contributed by atoms with Crippen LogP contribution in [0, 0.1) is 13.8 Å². The minimum Gasteiger partial charge on any atom is -0.375 e. The average Bonchev–Trinajstić information content (AvgIpc) is 2.67. The van der Waals surface area contributed by atoms with Gasteiger partial charge >= 0.3 is 0 Å². The van der Waals surface area contributed by atoms with Crippen LogP contribution in [0.3, 0.4) is 0 Å². The van der Waals surface area contributed by atoms with Crippen molar-refractivity contribution in [3.63, 3.8) is 0 Å². The van der Waals surface area contributed by atoms with Crippen molar-refractivity contribution in [1.82, 2.24) is 5.43 Å². The molecular formula is C12H14BrN3S. The quantitative estimate of drug-likeness (QED) is 0.619. The van der Waals surface area contributed by atoms with E-state index in [4.69, 9.17) is 18.0 Å². The van der Waals surface area contributed by atoms with Crippen molar-refractivity contribution in [3.05, 3.63) is 32.8 Å². The smallest absolute Gasteiger partial charge is 0.184 e. The Balaban J connectivity index is 2.48. The number of hydrazone groups is 1. The summed E-state index contributed by atoms with van der Waals surface area (Å²) in [6.45, 7) is 4.22. The topological polar surface area (TPSA) is 50.4 Å². The zero-order chi connectivity index (χ0) is 12.6. The van der Waals surface area contributed by atoms with Crippen molar-refractivity contribution in [2.24, 2.45) is 10.8 Å². The third kappa shape index (κ3) is 2.35.